The molecule has 0 saturated carbocycles. The zero-order valence-corrected chi connectivity index (χ0v) is 11.5. The predicted octanol–water partition coefficient (Wildman–Crippen LogP) is 0.237. The van der Waals surface area contributed by atoms with Crippen LogP contribution in [0.25, 0.3) is 0 Å². The summed E-state index contributed by atoms with van der Waals surface area (Å²) >= 11 is 0. The number of aryl methyl sites for hydroxylation is 1. The summed E-state index contributed by atoms with van der Waals surface area (Å²) in [6.07, 6.45) is 2.40. The molecule has 0 unspecified atom stereocenters. The number of nitrogens with zero attached hydrogens (tertiary/aromatic N) is 3. The van der Waals surface area contributed by atoms with Gasteiger partial charge in [-0.05, 0) is 25.5 Å². The van der Waals surface area contributed by atoms with Crippen LogP contribution in [0.3, 0.4) is 0 Å². The van der Waals surface area contributed by atoms with Crippen LogP contribution in [-0.2, 0) is 17.8 Å². The van der Waals surface area contributed by atoms with Crippen LogP contribution < -0.4 is 5.32 Å². The summed E-state index contributed by atoms with van der Waals surface area (Å²) in [6, 6.07) is 1.94. The average molecular weight is 276 g/mol. The van der Waals surface area contributed by atoms with Gasteiger partial charge in [0.25, 0.3) is 5.91 Å². The Morgan fingerprint density at radius 3 is 3.30 bits per heavy atom. The number of likely N-dealkylation sites (tertiary alicyclic amines) is 1. The quantitative estimate of drug-likeness (QED) is 0.798. The molecule has 108 valence electrons. The smallest absolute Gasteiger partial charge is 0.274 e. The van der Waals surface area contributed by atoms with Gasteiger partial charge in [0.1, 0.15) is 0 Å². The third-order valence-corrected chi connectivity index (χ3v) is 4.47. The van der Waals surface area contributed by atoms with E-state index in [1.54, 1.807) is 0 Å². The van der Waals surface area contributed by atoms with Crippen molar-refractivity contribution in [2.24, 2.45) is 5.92 Å². The van der Waals surface area contributed by atoms with E-state index in [-0.39, 0.29) is 12.0 Å². The first-order valence-corrected chi connectivity index (χ1v) is 7.48. The Hall–Kier alpha value is -1.40. The fourth-order valence-electron chi connectivity index (χ4n) is 3.46. The van der Waals surface area contributed by atoms with E-state index in [1.807, 2.05) is 15.6 Å². The number of rotatable bonds is 1. The lowest BCUT2D eigenvalue weighted by Gasteiger charge is -2.29. The first-order chi connectivity index (χ1) is 9.79. The van der Waals surface area contributed by atoms with Gasteiger partial charge in [-0.3, -0.25) is 9.48 Å². The largest absolute Gasteiger partial charge is 0.376 e. The number of carbonyl (C=O) groups excluding carboxylic acids is 1. The number of nitrogens with one attached hydrogen (secondary N) is 1. The number of hydrogen-bond acceptors (Lipinski definition) is 4. The Labute approximate surface area is 118 Å². The van der Waals surface area contributed by atoms with E-state index in [4.69, 9.17) is 4.74 Å². The second-order valence-electron chi connectivity index (χ2n) is 6.04. The van der Waals surface area contributed by atoms with Crippen molar-refractivity contribution in [3.8, 4) is 0 Å². The molecule has 0 radical (unpaired) electrons. The van der Waals surface area contributed by atoms with E-state index in [1.165, 1.54) is 0 Å². The molecular formula is C14H20N4O2. The minimum atomic E-state index is 0.0609. The Kier molecular flexibility index (Phi) is 3.00. The SMILES string of the molecule is O=C(c1cc2n(n1)CCCNC2)N1C[C@H]2CO[C@H](C2)C1. The van der Waals surface area contributed by atoms with Gasteiger partial charge in [0.2, 0.25) is 0 Å². The van der Waals surface area contributed by atoms with Crippen LogP contribution in [0.15, 0.2) is 6.07 Å². The second kappa shape index (κ2) is 4.86. The van der Waals surface area contributed by atoms with Crippen LogP contribution in [-0.4, -0.2) is 52.9 Å². The van der Waals surface area contributed by atoms with Gasteiger partial charge in [0.15, 0.2) is 5.69 Å². The van der Waals surface area contributed by atoms with Crippen LogP contribution >= 0.6 is 0 Å². The maximum absolute atomic E-state index is 12.6. The van der Waals surface area contributed by atoms with Gasteiger partial charge in [-0.15, -0.1) is 0 Å². The van der Waals surface area contributed by atoms with Crippen LogP contribution in [0.4, 0.5) is 0 Å². The summed E-state index contributed by atoms with van der Waals surface area (Å²) in [5, 5.41) is 7.85. The van der Waals surface area contributed by atoms with Crippen molar-refractivity contribution in [3.05, 3.63) is 17.5 Å². The van der Waals surface area contributed by atoms with Gasteiger partial charge >= 0.3 is 0 Å². The van der Waals surface area contributed by atoms with E-state index < -0.39 is 0 Å². The molecule has 4 rings (SSSR count). The first kappa shape index (κ1) is 12.3. The zero-order chi connectivity index (χ0) is 13.5. The Balaban J connectivity index is 1.53. The predicted molar refractivity (Wildman–Crippen MR) is 72.3 cm³/mol. The number of carbonyl (C=O) groups is 1. The lowest BCUT2D eigenvalue weighted by Crippen LogP contribution is -2.43. The van der Waals surface area contributed by atoms with Gasteiger partial charge in [-0.25, -0.2) is 0 Å². The van der Waals surface area contributed by atoms with Crippen molar-refractivity contribution in [3.63, 3.8) is 0 Å². The minimum absolute atomic E-state index is 0.0609. The van der Waals surface area contributed by atoms with Crippen molar-refractivity contribution >= 4 is 5.91 Å². The summed E-state index contributed by atoms with van der Waals surface area (Å²) in [5.74, 6) is 0.575. The molecule has 6 nitrogen and oxygen atoms in total. The first-order valence-electron chi connectivity index (χ1n) is 7.48. The van der Waals surface area contributed by atoms with Crippen LogP contribution in [0.5, 0.6) is 0 Å². The highest BCUT2D eigenvalue weighted by Gasteiger charge is 2.36. The lowest BCUT2D eigenvalue weighted by molar-refractivity contribution is 0.0558. The van der Waals surface area contributed by atoms with E-state index >= 15 is 0 Å². The molecule has 2 atom stereocenters. The highest BCUT2D eigenvalue weighted by molar-refractivity contribution is 5.92. The van der Waals surface area contributed by atoms with Crippen LogP contribution in [0.2, 0.25) is 0 Å². The molecule has 20 heavy (non-hydrogen) atoms. The highest BCUT2D eigenvalue weighted by atomic mass is 16.5. The zero-order valence-electron chi connectivity index (χ0n) is 11.5. The molecule has 1 N–H and O–H groups in total. The van der Waals surface area contributed by atoms with Crippen molar-refractivity contribution in [1.29, 1.82) is 0 Å². The van der Waals surface area contributed by atoms with Crippen molar-refractivity contribution in [2.75, 3.05) is 26.2 Å². The maximum atomic E-state index is 12.6. The molecule has 0 spiro atoms. The van der Waals surface area contributed by atoms with E-state index in [0.717, 1.165) is 57.9 Å². The standard InChI is InChI=1S/C14H20N4O2/c19-14(17-7-10-4-12(8-17)20-9-10)13-5-11-6-15-2-1-3-18(11)16-13/h5,10,12,15H,1-4,6-9H2/t10-,12+/m0/s1. The molecule has 2 saturated heterocycles. The maximum Gasteiger partial charge on any atom is 0.274 e. The van der Waals surface area contributed by atoms with E-state index in [0.29, 0.717) is 11.6 Å². The third-order valence-electron chi connectivity index (χ3n) is 4.47. The molecule has 2 fully saturated rings. The summed E-state index contributed by atoms with van der Waals surface area (Å²) in [7, 11) is 0. The molecule has 6 heteroatoms. The van der Waals surface area contributed by atoms with Crippen molar-refractivity contribution < 1.29 is 9.53 Å². The number of hydrogen-bond donors (Lipinski definition) is 1. The van der Waals surface area contributed by atoms with E-state index in [9.17, 15) is 4.79 Å². The molecular weight excluding hydrogens is 256 g/mol. The van der Waals surface area contributed by atoms with Crippen molar-refractivity contribution in [1.82, 2.24) is 20.0 Å². The van der Waals surface area contributed by atoms with Crippen molar-refractivity contribution in [2.45, 2.75) is 32.0 Å². The highest BCUT2D eigenvalue weighted by Crippen LogP contribution is 2.27. The van der Waals surface area contributed by atoms with Crippen LogP contribution in [0.1, 0.15) is 29.0 Å². The number of piperidine rings is 1. The average Bonchev–Trinajstić information content (AvgIpc) is 2.94. The summed E-state index contributed by atoms with van der Waals surface area (Å²) in [6.45, 7) is 5.04. The van der Waals surface area contributed by atoms with E-state index in [2.05, 4.69) is 10.4 Å². The van der Waals surface area contributed by atoms with Gasteiger partial charge in [0, 0.05) is 32.1 Å². The topological polar surface area (TPSA) is 59.4 Å². The number of aromatic nitrogens is 2. The Bertz CT molecular complexity index is 492. The Morgan fingerprint density at radius 2 is 2.40 bits per heavy atom. The molecule has 2 bridgehead atoms. The third kappa shape index (κ3) is 2.13. The molecule has 3 aliphatic heterocycles. The molecule has 3 aliphatic rings. The fraction of sp³-hybridized carbons (Fsp3) is 0.714. The molecule has 0 aliphatic carbocycles. The van der Waals surface area contributed by atoms with Gasteiger partial charge in [0.05, 0.1) is 18.4 Å². The van der Waals surface area contributed by atoms with Gasteiger partial charge in [-0.2, -0.15) is 5.10 Å². The fourth-order valence-corrected chi connectivity index (χ4v) is 3.46. The van der Waals surface area contributed by atoms with Crippen LogP contribution in [0, 0.1) is 5.92 Å². The molecule has 1 aromatic rings. The van der Waals surface area contributed by atoms with Gasteiger partial charge in [-0.1, -0.05) is 0 Å². The molecule has 4 heterocycles. The lowest BCUT2D eigenvalue weighted by atomic mass is 10.00. The summed E-state index contributed by atoms with van der Waals surface area (Å²) in [5.41, 5.74) is 1.70. The molecule has 1 amide bonds. The number of amides is 1. The summed E-state index contributed by atoms with van der Waals surface area (Å²) < 4.78 is 7.64. The molecule has 1 aromatic heterocycles. The monoisotopic (exact) mass is 276 g/mol. The second-order valence-corrected chi connectivity index (χ2v) is 6.04. The summed E-state index contributed by atoms with van der Waals surface area (Å²) in [4.78, 5) is 14.5. The van der Waals surface area contributed by atoms with Gasteiger partial charge < -0.3 is 15.0 Å². The minimum Gasteiger partial charge on any atom is -0.376 e. The number of ether oxygens (including phenoxy) is 1. The number of fused-ring (bicyclic) bond motifs is 3. The molecule has 0 aromatic carbocycles. The Morgan fingerprint density at radius 1 is 1.45 bits per heavy atom. The normalized spacial score (nSPS) is 29.1.